The van der Waals surface area contributed by atoms with Gasteiger partial charge in [0.05, 0.1) is 11.9 Å². The Morgan fingerprint density at radius 3 is 2.64 bits per heavy atom. The second kappa shape index (κ2) is 12.0. The summed E-state index contributed by atoms with van der Waals surface area (Å²) in [5.74, 6) is 1.37. The van der Waals surface area contributed by atoms with Crippen LogP contribution in [0.2, 0.25) is 0 Å². The summed E-state index contributed by atoms with van der Waals surface area (Å²) in [6, 6.07) is 7.51. The number of halogens is 1. The molecular formula is C18H31IN4O3S2. The van der Waals surface area contributed by atoms with Gasteiger partial charge in [-0.3, -0.25) is 13.9 Å². The number of benzene rings is 1. The maximum Gasteiger partial charge on any atom is 0.229 e. The Morgan fingerprint density at radius 2 is 2.00 bits per heavy atom. The van der Waals surface area contributed by atoms with E-state index < -0.39 is 20.8 Å². The van der Waals surface area contributed by atoms with Crippen LogP contribution in [0.25, 0.3) is 0 Å². The van der Waals surface area contributed by atoms with Crippen LogP contribution in [-0.4, -0.2) is 48.9 Å². The normalized spacial score (nSPS) is 21.3. The molecule has 1 aromatic carbocycles. The van der Waals surface area contributed by atoms with Crippen molar-refractivity contribution < 1.29 is 12.6 Å². The molecule has 3 N–H and O–H groups in total. The van der Waals surface area contributed by atoms with Gasteiger partial charge < -0.3 is 10.6 Å². The van der Waals surface area contributed by atoms with Crippen LogP contribution >= 0.6 is 24.0 Å². The molecule has 0 aromatic heterocycles. The molecule has 0 heterocycles. The van der Waals surface area contributed by atoms with Crippen molar-refractivity contribution >= 4 is 56.4 Å². The van der Waals surface area contributed by atoms with Gasteiger partial charge in [0.2, 0.25) is 10.0 Å². The lowest BCUT2D eigenvalue weighted by Crippen LogP contribution is -2.46. The number of para-hydroxylation sites is 1. The number of guanidine groups is 1. The van der Waals surface area contributed by atoms with Gasteiger partial charge in [-0.1, -0.05) is 31.5 Å². The van der Waals surface area contributed by atoms with Crippen LogP contribution in [0, 0.1) is 0 Å². The van der Waals surface area contributed by atoms with Gasteiger partial charge in [0.1, 0.15) is 0 Å². The average Bonchev–Trinajstić information content (AvgIpc) is 2.64. The summed E-state index contributed by atoms with van der Waals surface area (Å²) in [4.78, 5) is 4.27. The van der Waals surface area contributed by atoms with Crippen molar-refractivity contribution in [3.05, 3.63) is 29.8 Å². The van der Waals surface area contributed by atoms with Crippen LogP contribution in [0.5, 0.6) is 0 Å². The number of anilines is 1. The number of nitrogens with one attached hydrogen (secondary N) is 3. The molecule has 0 bridgehead atoms. The van der Waals surface area contributed by atoms with E-state index in [1.165, 1.54) is 0 Å². The minimum atomic E-state index is -3.34. The molecule has 1 saturated carbocycles. The van der Waals surface area contributed by atoms with E-state index in [0.717, 1.165) is 37.5 Å². The van der Waals surface area contributed by atoms with Crippen LogP contribution in [0.4, 0.5) is 5.69 Å². The second-order valence-corrected chi connectivity index (χ2v) is 10.5. The standard InChI is InChI=1S/C18H30N4O3S2.HI/c1-4-26(23)16-10-7-9-15(12-16)21-18(19-2)20-13-14-8-5-6-11-17(14)22-27(3,24)25;/h5-6,8,11,15-16,22H,4,7,9-10,12-13H2,1-3H3,(H2,19,20,21);1H. The van der Waals surface area contributed by atoms with E-state index in [2.05, 4.69) is 20.3 Å². The maximum atomic E-state index is 12.1. The summed E-state index contributed by atoms with van der Waals surface area (Å²) < 4.78 is 37.7. The van der Waals surface area contributed by atoms with Crippen LogP contribution < -0.4 is 15.4 Å². The highest BCUT2D eigenvalue weighted by molar-refractivity contribution is 14.0. The van der Waals surface area contributed by atoms with E-state index in [9.17, 15) is 12.6 Å². The average molecular weight is 543 g/mol. The van der Waals surface area contributed by atoms with E-state index >= 15 is 0 Å². The van der Waals surface area contributed by atoms with Crippen molar-refractivity contribution in [2.75, 3.05) is 23.8 Å². The molecule has 3 atom stereocenters. The summed E-state index contributed by atoms with van der Waals surface area (Å²) in [7, 11) is -2.39. The molecule has 1 aliphatic rings. The smallest absolute Gasteiger partial charge is 0.229 e. The van der Waals surface area contributed by atoms with Gasteiger partial charge in [-0.25, -0.2) is 8.42 Å². The first kappa shape index (κ1) is 25.2. The Balaban J connectivity index is 0.00000392. The Hall–Kier alpha value is -0.880. The first-order chi connectivity index (χ1) is 12.8. The van der Waals surface area contributed by atoms with E-state index in [1.807, 2.05) is 19.1 Å². The fraction of sp³-hybridized carbons (Fsp3) is 0.611. The quantitative estimate of drug-likeness (QED) is 0.279. The summed E-state index contributed by atoms with van der Waals surface area (Å²) in [5, 5.41) is 6.91. The molecule has 1 aliphatic carbocycles. The fourth-order valence-corrected chi connectivity index (χ4v) is 5.24. The number of hydrogen-bond donors (Lipinski definition) is 3. The molecule has 1 fully saturated rings. The SMILES string of the molecule is CCS(=O)C1CCCC(NC(=NC)NCc2ccccc2NS(C)(=O)=O)C1.I. The predicted octanol–water partition coefficient (Wildman–Crippen LogP) is 2.42. The fourth-order valence-electron chi connectivity index (χ4n) is 3.29. The molecule has 160 valence electrons. The van der Waals surface area contributed by atoms with Gasteiger partial charge >= 0.3 is 0 Å². The molecule has 1 aromatic rings. The second-order valence-electron chi connectivity index (χ2n) is 6.76. The Bertz CT molecular complexity index is 787. The minimum absolute atomic E-state index is 0. The Morgan fingerprint density at radius 1 is 1.29 bits per heavy atom. The molecular weight excluding hydrogens is 511 g/mol. The van der Waals surface area contributed by atoms with E-state index in [1.54, 1.807) is 19.2 Å². The summed E-state index contributed by atoms with van der Waals surface area (Å²) >= 11 is 0. The molecule has 10 heteroatoms. The first-order valence-corrected chi connectivity index (χ1v) is 12.5. The highest BCUT2D eigenvalue weighted by atomic mass is 127. The molecule has 0 amide bonds. The van der Waals surface area contributed by atoms with Crippen LogP contribution in [0.1, 0.15) is 38.2 Å². The third-order valence-corrected chi connectivity index (χ3v) is 6.94. The number of nitrogens with zero attached hydrogens (tertiary/aromatic N) is 1. The number of sulfonamides is 1. The number of aliphatic imine (C=N–C) groups is 1. The van der Waals surface area contributed by atoms with Gasteiger partial charge in [0.25, 0.3) is 0 Å². The van der Waals surface area contributed by atoms with Crippen molar-refractivity contribution in [3.8, 4) is 0 Å². The van der Waals surface area contributed by atoms with Crippen molar-refractivity contribution in [2.45, 2.75) is 50.4 Å². The Labute approximate surface area is 188 Å². The lowest BCUT2D eigenvalue weighted by atomic mass is 9.95. The molecule has 7 nitrogen and oxygen atoms in total. The monoisotopic (exact) mass is 542 g/mol. The molecule has 0 spiro atoms. The highest BCUT2D eigenvalue weighted by Gasteiger charge is 2.26. The lowest BCUT2D eigenvalue weighted by molar-refractivity contribution is 0.413. The third kappa shape index (κ3) is 8.24. The zero-order valence-corrected chi connectivity index (χ0v) is 20.6. The summed E-state index contributed by atoms with van der Waals surface area (Å²) in [6.45, 7) is 2.41. The maximum absolute atomic E-state index is 12.1. The predicted molar refractivity (Wildman–Crippen MR) is 128 cm³/mol. The number of hydrogen-bond acceptors (Lipinski definition) is 4. The van der Waals surface area contributed by atoms with E-state index in [0.29, 0.717) is 23.9 Å². The molecule has 28 heavy (non-hydrogen) atoms. The first-order valence-electron chi connectivity index (χ1n) is 9.22. The van der Waals surface area contributed by atoms with E-state index in [4.69, 9.17) is 0 Å². The summed E-state index contributed by atoms with van der Waals surface area (Å²) in [6.07, 6.45) is 5.14. The Kier molecular flexibility index (Phi) is 10.7. The van der Waals surface area contributed by atoms with Crippen LogP contribution in [0.3, 0.4) is 0 Å². The summed E-state index contributed by atoms with van der Waals surface area (Å²) in [5.41, 5.74) is 1.39. The zero-order chi connectivity index (χ0) is 19.9. The van der Waals surface area contributed by atoms with Crippen molar-refractivity contribution in [3.63, 3.8) is 0 Å². The molecule has 0 aliphatic heterocycles. The topological polar surface area (TPSA) is 99.7 Å². The molecule has 2 rings (SSSR count). The van der Waals surface area contributed by atoms with Gasteiger partial charge in [-0.2, -0.15) is 0 Å². The minimum Gasteiger partial charge on any atom is -0.354 e. The zero-order valence-electron chi connectivity index (χ0n) is 16.6. The molecule has 0 saturated heterocycles. The largest absolute Gasteiger partial charge is 0.354 e. The lowest BCUT2D eigenvalue weighted by Gasteiger charge is -2.30. The van der Waals surface area contributed by atoms with Crippen molar-refractivity contribution in [1.82, 2.24) is 10.6 Å². The number of rotatable bonds is 7. The highest BCUT2D eigenvalue weighted by Crippen LogP contribution is 2.23. The van der Waals surface area contributed by atoms with Crippen molar-refractivity contribution in [1.29, 1.82) is 0 Å². The third-order valence-electron chi connectivity index (χ3n) is 4.61. The molecule has 3 unspecified atom stereocenters. The van der Waals surface area contributed by atoms with Crippen LogP contribution in [-0.2, 0) is 27.4 Å². The van der Waals surface area contributed by atoms with Gasteiger partial charge in [0.15, 0.2) is 5.96 Å². The van der Waals surface area contributed by atoms with Gasteiger partial charge in [-0.15, -0.1) is 24.0 Å². The van der Waals surface area contributed by atoms with Gasteiger partial charge in [0, 0.05) is 41.4 Å². The van der Waals surface area contributed by atoms with Gasteiger partial charge in [-0.05, 0) is 30.9 Å². The van der Waals surface area contributed by atoms with Crippen molar-refractivity contribution in [2.24, 2.45) is 4.99 Å². The van der Waals surface area contributed by atoms with Crippen LogP contribution in [0.15, 0.2) is 29.3 Å². The molecule has 0 radical (unpaired) electrons. The van der Waals surface area contributed by atoms with E-state index in [-0.39, 0.29) is 35.3 Å².